The predicted molar refractivity (Wildman–Crippen MR) is 102 cm³/mol. The second-order valence-corrected chi connectivity index (χ2v) is 6.53. The Bertz CT molecular complexity index is 925. The van der Waals surface area contributed by atoms with Crippen molar-refractivity contribution >= 4 is 28.6 Å². The maximum atomic E-state index is 12.4. The van der Waals surface area contributed by atoms with E-state index in [1.807, 2.05) is 42.5 Å². The summed E-state index contributed by atoms with van der Waals surface area (Å²) >= 11 is 1.54. The molecule has 0 unspecified atom stereocenters. The Morgan fingerprint density at radius 1 is 1.00 bits per heavy atom. The second-order valence-electron chi connectivity index (χ2n) is 5.51. The van der Waals surface area contributed by atoms with Gasteiger partial charge in [-0.25, -0.2) is 4.79 Å². The van der Waals surface area contributed by atoms with Gasteiger partial charge in [0.15, 0.2) is 0 Å². The SMILES string of the molecule is COC(=O)c1c(SCc2ccc(OC)cc2)cnc2ccc(OC)cc12. The Labute approximate surface area is 156 Å². The average molecular weight is 369 g/mol. The molecule has 0 aliphatic carbocycles. The summed E-state index contributed by atoms with van der Waals surface area (Å²) in [5.41, 5.74) is 2.35. The second kappa shape index (κ2) is 8.10. The topological polar surface area (TPSA) is 57.7 Å². The van der Waals surface area contributed by atoms with Crippen molar-refractivity contribution in [2.75, 3.05) is 21.3 Å². The summed E-state index contributed by atoms with van der Waals surface area (Å²) < 4.78 is 15.5. The normalized spacial score (nSPS) is 10.6. The lowest BCUT2D eigenvalue weighted by Crippen LogP contribution is -2.05. The lowest BCUT2D eigenvalue weighted by atomic mass is 10.1. The zero-order valence-electron chi connectivity index (χ0n) is 14.8. The smallest absolute Gasteiger partial charge is 0.339 e. The summed E-state index contributed by atoms with van der Waals surface area (Å²) in [5.74, 6) is 1.80. The molecule has 134 valence electrons. The maximum Gasteiger partial charge on any atom is 0.339 e. The van der Waals surface area contributed by atoms with Crippen LogP contribution in [0.2, 0.25) is 0 Å². The number of carbonyl (C=O) groups excluding carboxylic acids is 1. The van der Waals surface area contributed by atoms with Gasteiger partial charge in [0, 0.05) is 22.2 Å². The number of fused-ring (bicyclic) bond motifs is 1. The molecule has 0 aliphatic heterocycles. The van der Waals surface area contributed by atoms with Crippen LogP contribution in [0, 0.1) is 0 Å². The quantitative estimate of drug-likeness (QED) is 0.476. The van der Waals surface area contributed by atoms with Gasteiger partial charge in [-0.05, 0) is 35.9 Å². The number of benzene rings is 2. The van der Waals surface area contributed by atoms with Crippen molar-refractivity contribution in [2.45, 2.75) is 10.6 Å². The van der Waals surface area contributed by atoms with Crippen molar-refractivity contribution < 1.29 is 19.0 Å². The number of pyridine rings is 1. The van der Waals surface area contributed by atoms with Crippen molar-refractivity contribution in [3.8, 4) is 11.5 Å². The zero-order chi connectivity index (χ0) is 18.5. The van der Waals surface area contributed by atoms with Gasteiger partial charge in [0.1, 0.15) is 11.5 Å². The van der Waals surface area contributed by atoms with Crippen LogP contribution in [-0.4, -0.2) is 32.3 Å². The van der Waals surface area contributed by atoms with Gasteiger partial charge in [-0.3, -0.25) is 4.98 Å². The fourth-order valence-corrected chi connectivity index (χ4v) is 3.56. The zero-order valence-corrected chi connectivity index (χ0v) is 15.6. The average Bonchev–Trinajstić information content (AvgIpc) is 2.71. The van der Waals surface area contributed by atoms with Gasteiger partial charge in [-0.15, -0.1) is 11.8 Å². The molecule has 0 N–H and O–H groups in total. The molecule has 5 nitrogen and oxygen atoms in total. The molecule has 3 rings (SSSR count). The van der Waals surface area contributed by atoms with Crippen LogP contribution >= 0.6 is 11.8 Å². The van der Waals surface area contributed by atoms with Gasteiger partial charge in [0.2, 0.25) is 0 Å². The Balaban J connectivity index is 1.96. The highest BCUT2D eigenvalue weighted by Crippen LogP contribution is 2.33. The van der Waals surface area contributed by atoms with Crippen LogP contribution in [0.3, 0.4) is 0 Å². The number of nitrogens with zero attached hydrogens (tertiary/aromatic N) is 1. The van der Waals surface area contributed by atoms with Crippen LogP contribution in [0.5, 0.6) is 11.5 Å². The fourth-order valence-electron chi connectivity index (χ4n) is 2.59. The van der Waals surface area contributed by atoms with E-state index >= 15 is 0 Å². The number of carbonyl (C=O) groups is 1. The van der Waals surface area contributed by atoms with Gasteiger partial charge >= 0.3 is 5.97 Å². The molecule has 6 heteroatoms. The van der Waals surface area contributed by atoms with E-state index < -0.39 is 0 Å². The minimum Gasteiger partial charge on any atom is -0.497 e. The molecule has 26 heavy (non-hydrogen) atoms. The molecule has 0 bridgehead atoms. The van der Waals surface area contributed by atoms with Crippen LogP contribution in [0.15, 0.2) is 53.6 Å². The third-order valence-corrected chi connectivity index (χ3v) is 5.08. The van der Waals surface area contributed by atoms with Gasteiger partial charge < -0.3 is 14.2 Å². The first-order valence-electron chi connectivity index (χ1n) is 7.97. The number of ether oxygens (including phenoxy) is 3. The number of esters is 1. The molecule has 0 spiro atoms. The highest BCUT2D eigenvalue weighted by atomic mass is 32.2. The van der Waals surface area contributed by atoms with Crippen molar-refractivity contribution in [2.24, 2.45) is 0 Å². The molecule has 0 aliphatic rings. The van der Waals surface area contributed by atoms with Gasteiger partial charge in [-0.2, -0.15) is 0 Å². The number of aromatic nitrogens is 1. The van der Waals surface area contributed by atoms with Crippen LogP contribution in [0.25, 0.3) is 10.9 Å². The van der Waals surface area contributed by atoms with Crippen molar-refractivity contribution in [3.63, 3.8) is 0 Å². The largest absolute Gasteiger partial charge is 0.497 e. The van der Waals surface area contributed by atoms with E-state index in [9.17, 15) is 4.79 Å². The lowest BCUT2D eigenvalue weighted by Gasteiger charge is -2.12. The van der Waals surface area contributed by atoms with Crippen LogP contribution in [0.4, 0.5) is 0 Å². The first kappa shape index (κ1) is 18.1. The van der Waals surface area contributed by atoms with Crippen LogP contribution < -0.4 is 9.47 Å². The first-order chi connectivity index (χ1) is 12.7. The van der Waals surface area contributed by atoms with Crippen LogP contribution in [0.1, 0.15) is 15.9 Å². The van der Waals surface area contributed by atoms with Crippen molar-refractivity contribution in [1.82, 2.24) is 4.98 Å². The Morgan fingerprint density at radius 3 is 2.35 bits per heavy atom. The summed E-state index contributed by atoms with van der Waals surface area (Å²) in [6.45, 7) is 0. The minimum atomic E-state index is -0.386. The third-order valence-electron chi connectivity index (χ3n) is 3.98. The summed E-state index contributed by atoms with van der Waals surface area (Å²) in [5, 5.41) is 0.718. The molecule has 0 amide bonds. The van der Waals surface area contributed by atoms with E-state index in [1.54, 1.807) is 32.2 Å². The van der Waals surface area contributed by atoms with E-state index in [1.165, 1.54) is 7.11 Å². The summed E-state index contributed by atoms with van der Waals surface area (Å²) in [4.78, 5) is 17.7. The molecule has 0 fully saturated rings. The monoisotopic (exact) mass is 369 g/mol. The van der Waals surface area contributed by atoms with Crippen molar-refractivity contribution in [3.05, 3.63) is 59.8 Å². The molecule has 0 radical (unpaired) electrons. The third kappa shape index (κ3) is 3.75. The minimum absolute atomic E-state index is 0.386. The van der Waals surface area contributed by atoms with Crippen LogP contribution in [-0.2, 0) is 10.5 Å². The van der Waals surface area contributed by atoms with Gasteiger partial charge in [0.05, 0.1) is 32.4 Å². The Morgan fingerprint density at radius 2 is 1.69 bits per heavy atom. The summed E-state index contributed by atoms with van der Waals surface area (Å²) in [6, 6.07) is 13.3. The Kier molecular flexibility index (Phi) is 5.63. The molecule has 1 aromatic heterocycles. The molecular formula is C20H19NO4S. The Hall–Kier alpha value is -2.73. The highest BCUT2D eigenvalue weighted by Gasteiger charge is 2.18. The van der Waals surface area contributed by atoms with Gasteiger partial charge in [-0.1, -0.05) is 12.1 Å². The molecule has 0 atom stereocenters. The lowest BCUT2D eigenvalue weighted by molar-refractivity contribution is 0.0599. The molecular weight excluding hydrogens is 350 g/mol. The van der Waals surface area contributed by atoms with E-state index in [4.69, 9.17) is 14.2 Å². The molecule has 3 aromatic rings. The maximum absolute atomic E-state index is 12.4. The number of hydrogen-bond acceptors (Lipinski definition) is 6. The van der Waals surface area contributed by atoms with Crippen molar-refractivity contribution in [1.29, 1.82) is 0 Å². The first-order valence-corrected chi connectivity index (χ1v) is 8.95. The molecule has 0 saturated heterocycles. The summed E-state index contributed by atoms with van der Waals surface area (Å²) in [6.07, 6.45) is 1.72. The van der Waals surface area contributed by atoms with E-state index in [0.29, 0.717) is 17.1 Å². The molecule has 0 saturated carbocycles. The van der Waals surface area contributed by atoms with E-state index in [2.05, 4.69) is 4.98 Å². The van der Waals surface area contributed by atoms with E-state index in [-0.39, 0.29) is 5.97 Å². The molecule has 2 aromatic carbocycles. The number of thioether (sulfide) groups is 1. The molecule has 1 heterocycles. The van der Waals surface area contributed by atoms with E-state index in [0.717, 1.165) is 27.1 Å². The fraction of sp³-hybridized carbons (Fsp3) is 0.200. The highest BCUT2D eigenvalue weighted by molar-refractivity contribution is 7.98. The summed E-state index contributed by atoms with van der Waals surface area (Å²) in [7, 11) is 4.61. The standard InChI is InChI=1S/C20H19NO4S/c1-23-14-6-4-13(5-7-14)12-26-18-11-21-17-9-8-15(24-2)10-16(17)19(18)20(22)25-3/h4-11H,12H2,1-3H3. The number of rotatable bonds is 6. The number of hydrogen-bond donors (Lipinski definition) is 0. The number of methoxy groups -OCH3 is 3. The van der Waals surface area contributed by atoms with Gasteiger partial charge in [0.25, 0.3) is 0 Å². The predicted octanol–water partition coefficient (Wildman–Crippen LogP) is 4.33.